The van der Waals surface area contributed by atoms with E-state index in [1.54, 1.807) is 30.1 Å². The molecule has 1 aliphatic heterocycles. The Bertz CT molecular complexity index is 1570. The van der Waals surface area contributed by atoms with Crippen molar-refractivity contribution in [2.75, 3.05) is 11.1 Å². The number of hydrogen-bond donors (Lipinski definition) is 1. The van der Waals surface area contributed by atoms with Crippen LogP contribution in [0.15, 0.2) is 96.3 Å². The molecule has 0 fully saturated rings. The molecule has 0 saturated carbocycles. The van der Waals surface area contributed by atoms with E-state index in [-0.39, 0.29) is 5.69 Å². The van der Waals surface area contributed by atoms with Gasteiger partial charge >= 0.3 is 0 Å². The quantitative estimate of drug-likeness (QED) is 0.215. The van der Waals surface area contributed by atoms with Gasteiger partial charge in [-0.05, 0) is 29.3 Å². The van der Waals surface area contributed by atoms with E-state index in [1.165, 1.54) is 6.07 Å². The van der Waals surface area contributed by atoms with Gasteiger partial charge in [0, 0.05) is 41.9 Å². The molecule has 8 nitrogen and oxygen atoms in total. The van der Waals surface area contributed by atoms with Gasteiger partial charge in [0.1, 0.15) is 0 Å². The van der Waals surface area contributed by atoms with Crippen LogP contribution in [0.25, 0.3) is 33.8 Å². The van der Waals surface area contributed by atoms with Crippen molar-refractivity contribution in [3.05, 3.63) is 101 Å². The van der Waals surface area contributed by atoms with E-state index in [4.69, 9.17) is 9.97 Å². The highest BCUT2D eigenvalue weighted by Gasteiger charge is 2.25. The fraction of sp³-hybridized carbons (Fsp3) is 0.0741. The molecule has 5 aromatic rings. The number of thioether (sulfide) groups is 1. The van der Waals surface area contributed by atoms with E-state index in [1.807, 2.05) is 42.5 Å². The lowest BCUT2D eigenvalue weighted by Crippen LogP contribution is -2.02. The van der Waals surface area contributed by atoms with Crippen LogP contribution >= 0.6 is 11.8 Å². The number of nitro benzene ring substituents is 1. The standard InChI is InChI=1S/C27H20N6O2S/c34-33(35)22-8-4-7-20(17-22)24-25(32-15-16-36-27(32)31-24)23-13-14-28-26(30-23)29-21-11-9-19(10-12-21)18-5-2-1-3-6-18/h1-14,17H,15-16H2,(H,28,29,30). The van der Waals surface area contributed by atoms with E-state index < -0.39 is 4.92 Å². The van der Waals surface area contributed by atoms with Crippen molar-refractivity contribution in [1.82, 2.24) is 19.5 Å². The Labute approximate surface area is 211 Å². The van der Waals surface area contributed by atoms with Gasteiger partial charge in [-0.25, -0.2) is 15.0 Å². The summed E-state index contributed by atoms with van der Waals surface area (Å²) in [6.07, 6.45) is 1.71. The first-order valence-electron chi connectivity index (χ1n) is 11.4. The first kappa shape index (κ1) is 22.0. The van der Waals surface area contributed by atoms with Crippen LogP contribution in [0, 0.1) is 10.1 Å². The molecule has 3 aromatic carbocycles. The van der Waals surface area contributed by atoms with E-state index >= 15 is 0 Å². The molecule has 0 amide bonds. The van der Waals surface area contributed by atoms with Gasteiger partial charge in [-0.1, -0.05) is 66.4 Å². The van der Waals surface area contributed by atoms with Gasteiger partial charge < -0.3 is 9.88 Å². The lowest BCUT2D eigenvalue weighted by molar-refractivity contribution is -0.384. The highest BCUT2D eigenvalue weighted by atomic mass is 32.2. The first-order valence-corrected chi connectivity index (χ1v) is 12.4. The highest BCUT2D eigenvalue weighted by Crippen LogP contribution is 2.39. The molecular formula is C27H20N6O2S. The van der Waals surface area contributed by atoms with Crippen LogP contribution < -0.4 is 5.32 Å². The van der Waals surface area contributed by atoms with Crippen molar-refractivity contribution in [3.8, 4) is 33.8 Å². The molecule has 0 atom stereocenters. The van der Waals surface area contributed by atoms with Gasteiger partial charge in [-0.3, -0.25) is 10.1 Å². The second-order valence-corrected chi connectivity index (χ2v) is 9.30. The Morgan fingerprint density at radius 3 is 2.47 bits per heavy atom. The molecule has 0 bridgehead atoms. The number of nitrogens with zero attached hydrogens (tertiary/aromatic N) is 5. The van der Waals surface area contributed by atoms with Crippen molar-refractivity contribution in [3.63, 3.8) is 0 Å². The first-order chi connectivity index (χ1) is 17.7. The summed E-state index contributed by atoms with van der Waals surface area (Å²) in [5, 5.41) is 15.5. The van der Waals surface area contributed by atoms with Crippen molar-refractivity contribution >= 4 is 29.1 Å². The minimum atomic E-state index is -0.391. The second-order valence-electron chi connectivity index (χ2n) is 8.23. The molecule has 9 heteroatoms. The van der Waals surface area contributed by atoms with Crippen LogP contribution in [0.1, 0.15) is 0 Å². The average molecular weight is 493 g/mol. The lowest BCUT2D eigenvalue weighted by Gasteiger charge is -2.10. The van der Waals surface area contributed by atoms with E-state index in [0.717, 1.165) is 40.0 Å². The maximum atomic E-state index is 11.3. The number of aromatic nitrogens is 4. The molecule has 0 radical (unpaired) electrons. The number of rotatable bonds is 6. The van der Waals surface area contributed by atoms with Crippen molar-refractivity contribution in [2.24, 2.45) is 0 Å². The van der Waals surface area contributed by atoms with Gasteiger partial charge in [0.25, 0.3) is 5.69 Å². The average Bonchev–Trinajstić information content (AvgIpc) is 3.52. The van der Waals surface area contributed by atoms with Crippen LogP contribution in [-0.4, -0.2) is 30.2 Å². The molecule has 1 aliphatic rings. The summed E-state index contributed by atoms with van der Waals surface area (Å²) in [6, 6.07) is 26.7. The topological polar surface area (TPSA) is 98.8 Å². The molecule has 36 heavy (non-hydrogen) atoms. The van der Waals surface area contributed by atoms with Gasteiger partial charge in [0.15, 0.2) is 5.16 Å². The predicted molar refractivity (Wildman–Crippen MR) is 141 cm³/mol. The van der Waals surface area contributed by atoms with Crippen LogP contribution in [-0.2, 0) is 6.54 Å². The lowest BCUT2D eigenvalue weighted by atomic mass is 10.1. The third kappa shape index (κ3) is 4.20. The Morgan fingerprint density at radius 1 is 0.889 bits per heavy atom. The fourth-order valence-electron chi connectivity index (χ4n) is 4.26. The van der Waals surface area contributed by atoms with Crippen molar-refractivity contribution < 1.29 is 4.92 Å². The minimum absolute atomic E-state index is 0.0308. The summed E-state index contributed by atoms with van der Waals surface area (Å²) >= 11 is 1.67. The Morgan fingerprint density at radius 2 is 1.67 bits per heavy atom. The Balaban J connectivity index is 1.34. The van der Waals surface area contributed by atoms with Gasteiger partial charge in [0.2, 0.25) is 5.95 Å². The molecule has 0 spiro atoms. The number of hydrogen-bond acceptors (Lipinski definition) is 7. The van der Waals surface area contributed by atoms with E-state index in [2.05, 4.69) is 39.1 Å². The molecule has 6 rings (SSSR count). The summed E-state index contributed by atoms with van der Waals surface area (Å²) in [6.45, 7) is 0.797. The molecule has 0 saturated heterocycles. The molecular weight excluding hydrogens is 472 g/mol. The molecule has 2 aromatic heterocycles. The van der Waals surface area contributed by atoms with E-state index in [9.17, 15) is 10.1 Å². The van der Waals surface area contributed by atoms with Gasteiger partial charge in [0.05, 0.1) is 22.0 Å². The summed E-state index contributed by atoms with van der Waals surface area (Å²) < 4.78 is 2.12. The monoisotopic (exact) mass is 492 g/mol. The summed E-state index contributed by atoms with van der Waals surface area (Å²) in [5.41, 5.74) is 6.09. The summed E-state index contributed by atoms with van der Waals surface area (Å²) in [7, 11) is 0. The molecule has 0 aliphatic carbocycles. The van der Waals surface area contributed by atoms with Gasteiger partial charge in [-0.15, -0.1) is 0 Å². The van der Waals surface area contributed by atoms with Crippen molar-refractivity contribution in [2.45, 2.75) is 11.7 Å². The van der Waals surface area contributed by atoms with Gasteiger partial charge in [-0.2, -0.15) is 0 Å². The maximum absolute atomic E-state index is 11.3. The number of fused-ring (bicyclic) bond motifs is 1. The predicted octanol–water partition coefficient (Wildman–Crippen LogP) is 6.43. The number of non-ortho nitro benzene ring substituents is 1. The summed E-state index contributed by atoms with van der Waals surface area (Å²) in [4.78, 5) is 25.0. The van der Waals surface area contributed by atoms with Crippen LogP contribution in [0.5, 0.6) is 0 Å². The number of nitrogens with one attached hydrogen (secondary N) is 1. The SMILES string of the molecule is O=[N+]([O-])c1cccc(-c2nc3n(c2-c2ccnc(Nc4ccc(-c5ccccc5)cc4)n2)CCS3)c1. The molecule has 0 unspecified atom stereocenters. The molecule has 3 heterocycles. The second kappa shape index (κ2) is 9.27. The fourth-order valence-corrected chi connectivity index (χ4v) is 5.21. The third-order valence-corrected chi connectivity index (χ3v) is 6.91. The van der Waals surface area contributed by atoms with Crippen LogP contribution in [0.4, 0.5) is 17.3 Å². The number of anilines is 2. The number of nitro groups is 1. The zero-order valence-corrected chi connectivity index (χ0v) is 19.9. The smallest absolute Gasteiger partial charge is 0.270 e. The number of benzene rings is 3. The van der Waals surface area contributed by atoms with E-state index in [0.29, 0.717) is 22.9 Å². The minimum Gasteiger partial charge on any atom is -0.324 e. The third-order valence-electron chi connectivity index (χ3n) is 5.96. The highest BCUT2D eigenvalue weighted by molar-refractivity contribution is 7.99. The molecule has 176 valence electrons. The molecule has 1 N–H and O–H groups in total. The maximum Gasteiger partial charge on any atom is 0.270 e. The Kier molecular flexibility index (Phi) is 5.67. The largest absolute Gasteiger partial charge is 0.324 e. The van der Waals surface area contributed by atoms with Crippen molar-refractivity contribution in [1.29, 1.82) is 0 Å². The van der Waals surface area contributed by atoms with Crippen LogP contribution in [0.3, 0.4) is 0 Å². The zero-order chi connectivity index (χ0) is 24.5. The number of imidazole rings is 1. The van der Waals surface area contributed by atoms with Crippen LogP contribution in [0.2, 0.25) is 0 Å². The zero-order valence-electron chi connectivity index (χ0n) is 19.0. The Hall–Kier alpha value is -4.50. The normalized spacial score (nSPS) is 12.3. The summed E-state index contributed by atoms with van der Waals surface area (Å²) in [5.74, 6) is 1.39.